The van der Waals surface area contributed by atoms with Crippen molar-refractivity contribution in [3.8, 4) is 0 Å². The molecule has 0 radical (unpaired) electrons. The maximum atomic E-state index is 13.9. The first-order valence-electron chi connectivity index (χ1n) is 11.2. The van der Waals surface area contributed by atoms with Crippen LogP contribution in [0.15, 0.2) is 59.7 Å². The van der Waals surface area contributed by atoms with Crippen molar-refractivity contribution in [2.24, 2.45) is 10.7 Å². The Kier molecular flexibility index (Phi) is 7.63. The molecule has 7 nitrogen and oxygen atoms in total. The summed E-state index contributed by atoms with van der Waals surface area (Å²) in [6, 6.07) is 12.3. The van der Waals surface area contributed by atoms with Crippen molar-refractivity contribution in [2.45, 2.75) is 6.42 Å². The highest BCUT2D eigenvalue weighted by molar-refractivity contribution is 6.31. The van der Waals surface area contributed by atoms with E-state index in [9.17, 15) is 9.18 Å². The summed E-state index contributed by atoms with van der Waals surface area (Å²) in [7, 11) is 3.37. The van der Waals surface area contributed by atoms with Gasteiger partial charge in [-0.3, -0.25) is 14.8 Å². The maximum Gasteiger partial charge on any atom is 0.248 e. The first-order valence-corrected chi connectivity index (χ1v) is 11.6. The van der Waals surface area contributed by atoms with Crippen molar-refractivity contribution in [3.05, 3.63) is 71.1 Å². The minimum absolute atomic E-state index is 0.0341. The molecule has 2 bridgehead atoms. The first-order chi connectivity index (χ1) is 16.9. The summed E-state index contributed by atoms with van der Waals surface area (Å²) < 4.78 is 19.6. The van der Waals surface area contributed by atoms with Crippen LogP contribution >= 0.6 is 11.6 Å². The third kappa shape index (κ3) is 5.61. The number of anilines is 2. The molecule has 9 heteroatoms. The summed E-state index contributed by atoms with van der Waals surface area (Å²) in [4.78, 5) is 24.9. The number of carbonyl (C=O) groups excluding carboxylic acids is 1. The topological polar surface area (TPSA) is 84.0 Å². The average Bonchev–Trinajstić information content (AvgIpc) is 2.86. The number of nitrogens with zero attached hydrogens (tertiary/aromatic N) is 4. The van der Waals surface area contributed by atoms with Crippen LogP contribution in [-0.2, 0) is 9.53 Å². The quantitative estimate of drug-likeness (QED) is 0.540. The van der Waals surface area contributed by atoms with Crippen LogP contribution in [0.2, 0.25) is 5.02 Å². The molecule has 4 rings (SSSR count). The van der Waals surface area contributed by atoms with Gasteiger partial charge in [-0.1, -0.05) is 17.7 Å². The highest BCUT2D eigenvalue weighted by Crippen LogP contribution is 2.34. The lowest BCUT2D eigenvalue weighted by Crippen LogP contribution is -2.34. The van der Waals surface area contributed by atoms with Crippen molar-refractivity contribution < 1.29 is 13.9 Å². The second kappa shape index (κ2) is 10.8. The van der Waals surface area contributed by atoms with Crippen LogP contribution in [0.5, 0.6) is 0 Å². The highest BCUT2D eigenvalue weighted by atomic mass is 35.5. The van der Waals surface area contributed by atoms with Crippen LogP contribution in [0.25, 0.3) is 16.6 Å². The number of aromatic nitrogens is 1. The smallest absolute Gasteiger partial charge is 0.248 e. The molecular formula is C26H27ClFN5O2. The van der Waals surface area contributed by atoms with Crippen molar-refractivity contribution in [1.29, 1.82) is 0 Å². The monoisotopic (exact) mass is 495 g/mol. The molecule has 0 spiro atoms. The lowest BCUT2D eigenvalue weighted by Gasteiger charge is -2.27. The van der Waals surface area contributed by atoms with Crippen LogP contribution < -0.4 is 10.6 Å². The van der Waals surface area contributed by atoms with Gasteiger partial charge in [0.15, 0.2) is 0 Å². The Morgan fingerprint density at radius 3 is 2.80 bits per heavy atom. The molecule has 2 heterocycles. The molecule has 1 aliphatic rings. The van der Waals surface area contributed by atoms with Gasteiger partial charge < -0.3 is 20.3 Å². The second-order valence-electron chi connectivity index (χ2n) is 8.28. The molecule has 0 saturated carbocycles. The number of hydrogen-bond donors (Lipinski definition) is 1. The van der Waals surface area contributed by atoms with Gasteiger partial charge in [-0.05, 0) is 54.5 Å². The number of likely N-dealkylation sites (N-methyl/N-ethyl adjacent to an activating group) is 1. The zero-order valence-corrected chi connectivity index (χ0v) is 20.4. The first kappa shape index (κ1) is 24.6. The average molecular weight is 496 g/mol. The molecule has 2 aromatic carbocycles. The van der Waals surface area contributed by atoms with E-state index < -0.39 is 5.82 Å². The third-order valence-electron chi connectivity index (χ3n) is 5.89. The zero-order chi connectivity index (χ0) is 24.9. The number of ether oxygens (including phenoxy) is 1. The maximum absolute atomic E-state index is 13.9. The molecule has 0 aliphatic carbocycles. The number of aliphatic imine (C=N–C) groups is 1. The van der Waals surface area contributed by atoms with E-state index in [1.165, 1.54) is 6.07 Å². The molecule has 0 unspecified atom stereocenters. The van der Waals surface area contributed by atoms with Crippen LogP contribution in [0.3, 0.4) is 0 Å². The lowest BCUT2D eigenvalue weighted by atomic mass is 10.0. The van der Waals surface area contributed by atoms with Crippen LogP contribution in [0.1, 0.15) is 12.0 Å². The van der Waals surface area contributed by atoms with Gasteiger partial charge in [0.25, 0.3) is 0 Å². The molecule has 2 N–H and O–H groups in total. The van der Waals surface area contributed by atoms with Crippen molar-refractivity contribution >= 4 is 51.2 Å². The van der Waals surface area contributed by atoms with Crippen LogP contribution in [0.4, 0.5) is 15.8 Å². The molecule has 0 saturated heterocycles. The van der Waals surface area contributed by atoms with E-state index >= 15 is 0 Å². The minimum atomic E-state index is -0.482. The summed E-state index contributed by atoms with van der Waals surface area (Å²) >= 11 is 6.12. The van der Waals surface area contributed by atoms with E-state index in [0.717, 1.165) is 27.8 Å². The second-order valence-corrected chi connectivity index (χ2v) is 8.69. The van der Waals surface area contributed by atoms with E-state index in [2.05, 4.69) is 9.98 Å². The van der Waals surface area contributed by atoms with Gasteiger partial charge in [-0.25, -0.2) is 4.39 Å². The van der Waals surface area contributed by atoms with Crippen molar-refractivity contribution in [2.75, 3.05) is 45.3 Å². The number of carbonyl (C=O) groups is 1. The Labute approximate surface area is 208 Å². The van der Waals surface area contributed by atoms with Gasteiger partial charge in [0.2, 0.25) is 5.91 Å². The number of benzene rings is 2. The van der Waals surface area contributed by atoms with E-state index in [1.54, 1.807) is 43.4 Å². The zero-order valence-electron chi connectivity index (χ0n) is 19.7. The number of nitrogens with two attached hydrogens (primary N) is 1. The standard InChI is InChI=1S/C26H27ClFN5O2/c1-30-18-13-23(29)17-4-7-24-20(12-17)25(8-9-31-24)33(19-5-6-22(28)21(27)14-19)10-3-11-35-16-26(34)32(2)15-18/h4-9,12-14H,3,10-11,15-16,29H2,1-2H3/b23-13-,30-18?. The molecule has 1 aromatic heterocycles. The van der Waals surface area contributed by atoms with Gasteiger partial charge in [0.05, 0.1) is 28.5 Å². The summed E-state index contributed by atoms with van der Waals surface area (Å²) in [5.41, 5.74) is 10.8. The Morgan fingerprint density at radius 2 is 2.03 bits per heavy atom. The number of amides is 1. The Bertz CT molecular complexity index is 1310. The Morgan fingerprint density at radius 1 is 1.20 bits per heavy atom. The molecule has 0 fully saturated rings. The van der Waals surface area contributed by atoms with Gasteiger partial charge in [-0.2, -0.15) is 0 Å². The third-order valence-corrected chi connectivity index (χ3v) is 6.18. The largest absolute Gasteiger partial charge is 0.398 e. The molecular weight excluding hydrogens is 469 g/mol. The SMILES string of the molecule is CN=C1/C=C(\N)c2ccc3nccc(c3c2)N(c2ccc(F)c(Cl)c2)CCCOCC(=O)N(C)C1. The number of rotatable bonds is 1. The summed E-state index contributed by atoms with van der Waals surface area (Å²) in [6.07, 6.45) is 4.13. The fraction of sp³-hybridized carbons (Fsp3) is 0.269. The van der Waals surface area contributed by atoms with Crippen molar-refractivity contribution in [3.63, 3.8) is 0 Å². The number of halogens is 2. The molecule has 1 aliphatic heterocycles. The van der Waals surface area contributed by atoms with Gasteiger partial charge in [0.1, 0.15) is 12.4 Å². The van der Waals surface area contributed by atoms with Crippen LogP contribution in [0, 0.1) is 5.82 Å². The van der Waals surface area contributed by atoms with Crippen LogP contribution in [-0.4, -0.2) is 61.9 Å². The van der Waals surface area contributed by atoms with E-state index in [0.29, 0.717) is 37.5 Å². The van der Waals surface area contributed by atoms with Crippen molar-refractivity contribution in [1.82, 2.24) is 9.88 Å². The summed E-state index contributed by atoms with van der Waals surface area (Å²) in [5, 5.41) is 0.925. The van der Waals surface area contributed by atoms with E-state index in [-0.39, 0.29) is 17.5 Å². The predicted octanol–water partition coefficient (Wildman–Crippen LogP) is 4.41. The van der Waals surface area contributed by atoms with E-state index in [1.807, 2.05) is 29.2 Å². The molecule has 3 aromatic rings. The molecule has 35 heavy (non-hydrogen) atoms. The molecule has 182 valence electrons. The molecule has 1 amide bonds. The van der Waals surface area contributed by atoms with Gasteiger partial charge in [0, 0.05) is 50.2 Å². The fourth-order valence-corrected chi connectivity index (χ4v) is 4.13. The summed E-state index contributed by atoms with van der Waals surface area (Å²) in [5.74, 6) is -0.630. The Hall–Kier alpha value is -3.49. The number of fused-ring (bicyclic) bond motifs is 1. The Balaban J connectivity index is 1.85. The minimum Gasteiger partial charge on any atom is -0.398 e. The normalized spacial score (nSPS) is 18.8. The highest BCUT2D eigenvalue weighted by Gasteiger charge is 2.17. The summed E-state index contributed by atoms with van der Waals surface area (Å²) in [6.45, 7) is 1.21. The predicted molar refractivity (Wildman–Crippen MR) is 139 cm³/mol. The molecule has 0 atom stereocenters. The lowest BCUT2D eigenvalue weighted by molar-refractivity contribution is -0.134. The van der Waals surface area contributed by atoms with Gasteiger partial charge in [-0.15, -0.1) is 0 Å². The number of pyridine rings is 1. The van der Waals surface area contributed by atoms with E-state index in [4.69, 9.17) is 22.1 Å². The fourth-order valence-electron chi connectivity index (χ4n) is 3.96. The van der Waals surface area contributed by atoms with Gasteiger partial charge >= 0.3 is 0 Å². The number of hydrogen-bond acceptors (Lipinski definition) is 6.